The molecule has 0 aliphatic heterocycles. The topological polar surface area (TPSA) is 66.4 Å². The summed E-state index contributed by atoms with van der Waals surface area (Å²) in [7, 11) is 0. The van der Waals surface area contributed by atoms with Gasteiger partial charge in [0.1, 0.15) is 5.78 Å². The highest BCUT2D eigenvalue weighted by Crippen LogP contribution is 2.68. The van der Waals surface area contributed by atoms with Gasteiger partial charge in [0.25, 0.3) is 0 Å². The molecule has 0 radical (unpaired) electrons. The minimum atomic E-state index is -0.284. The summed E-state index contributed by atoms with van der Waals surface area (Å²) < 4.78 is 1.10. The number of carbonyl (C=O) groups excluding carboxylic acids is 2. The van der Waals surface area contributed by atoms with Crippen LogP contribution in [0.2, 0.25) is 0 Å². The summed E-state index contributed by atoms with van der Waals surface area (Å²) >= 11 is 5.27. The highest BCUT2D eigenvalue weighted by Gasteiger charge is 2.63. The Balaban J connectivity index is 1.28. The van der Waals surface area contributed by atoms with Crippen LogP contribution in [0.5, 0.6) is 0 Å². The number of thiophene rings is 1. The molecular weight excluding hydrogens is 546 g/mol. The van der Waals surface area contributed by atoms with Crippen molar-refractivity contribution in [1.82, 2.24) is 5.32 Å². The zero-order chi connectivity index (χ0) is 26.7. The number of aliphatic hydroxyl groups is 1. The van der Waals surface area contributed by atoms with Crippen LogP contribution in [0.25, 0.3) is 0 Å². The molecule has 37 heavy (non-hydrogen) atoms. The molecule has 0 spiro atoms. The van der Waals surface area contributed by atoms with Gasteiger partial charge in [-0.3, -0.25) is 9.59 Å². The third kappa shape index (κ3) is 4.90. The van der Waals surface area contributed by atoms with E-state index in [4.69, 9.17) is 0 Å². The van der Waals surface area contributed by atoms with Crippen molar-refractivity contribution in [2.75, 3.05) is 0 Å². The van der Waals surface area contributed by atoms with Gasteiger partial charge in [0.15, 0.2) is 0 Å². The van der Waals surface area contributed by atoms with Gasteiger partial charge in [-0.05, 0) is 119 Å². The van der Waals surface area contributed by atoms with Gasteiger partial charge in [0.2, 0.25) is 5.91 Å². The van der Waals surface area contributed by atoms with Gasteiger partial charge in [0.05, 0.1) is 15.9 Å². The second-order valence-electron chi connectivity index (χ2n) is 13.9. The summed E-state index contributed by atoms with van der Waals surface area (Å²) in [5.41, 5.74) is 0.386. The van der Waals surface area contributed by atoms with Crippen molar-refractivity contribution in [2.45, 2.75) is 105 Å². The van der Waals surface area contributed by atoms with Crippen molar-refractivity contribution >= 4 is 39.0 Å². The van der Waals surface area contributed by atoms with Gasteiger partial charge in [-0.25, -0.2) is 0 Å². The van der Waals surface area contributed by atoms with Crippen molar-refractivity contribution in [3.8, 4) is 0 Å². The Labute approximate surface area is 235 Å². The molecule has 0 bridgehead atoms. The predicted molar refractivity (Wildman–Crippen MR) is 153 cm³/mol. The van der Waals surface area contributed by atoms with Crippen LogP contribution < -0.4 is 5.32 Å². The van der Waals surface area contributed by atoms with Crippen LogP contribution in [-0.4, -0.2) is 22.9 Å². The maximum absolute atomic E-state index is 13.3. The molecule has 4 saturated carbocycles. The van der Waals surface area contributed by atoms with Crippen LogP contribution in [0.1, 0.15) is 103 Å². The molecule has 1 aromatic heterocycles. The first-order valence-corrected chi connectivity index (χ1v) is 16.3. The number of rotatable bonds is 6. The average molecular weight is 593 g/mol. The van der Waals surface area contributed by atoms with E-state index in [-0.39, 0.29) is 28.9 Å². The maximum atomic E-state index is 13.3. The van der Waals surface area contributed by atoms with E-state index in [0.717, 1.165) is 35.9 Å². The second kappa shape index (κ2) is 10.4. The summed E-state index contributed by atoms with van der Waals surface area (Å²) in [5, 5.41) is 14.8. The average Bonchev–Trinajstić information content (AvgIpc) is 3.41. The third-order valence-electron chi connectivity index (χ3n) is 11.7. The van der Waals surface area contributed by atoms with Gasteiger partial charge in [-0.2, -0.15) is 0 Å². The summed E-state index contributed by atoms with van der Waals surface area (Å²) in [4.78, 5) is 26.7. The first kappa shape index (κ1) is 27.8. The predicted octanol–water partition coefficient (Wildman–Crippen LogP) is 7.55. The fraction of sp³-hybridized carbons (Fsp3) is 0.806. The van der Waals surface area contributed by atoms with Crippen LogP contribution in [0.3, 0.4) is 0 Å². The molecule has 2 N–H and O–H groups in total. The van der Waals surface area contributed by atoms with E-state index in [1.807, 2.05) is 0 Å². The summed E-state index contributed by atoms with van der Waals surface area (Å²) in [6.07, 6.45) is 8.17. The Morgan fingerprint density at radius 1 is 1.14 bits per heavy atom. The Morgan fingerprint density at radius 3 is 2.54 bits per heavy atom. The van der Waals surface area contributed by atoms with Gasteiger partial charge in [-0.15, -0.1) is 11.3 Å². The normalized spacial score (nSPS) is 41.0. The number of ketones is 1. The van der Waals surface area contributed by atoms with Crippen molar-refractivity contribution in [3.05, 3.63) is 20.8 Å². The van der Waals surface area contributed by atoms with Crippen molar-refractivity contribution in [1.29, 1.82) is 0 Å². The summed E-state index contributed by atoms with van der Waals surface area (Å²) in [6, 6.07) is 4.23. The van der Waals surface area contributed by atoms with Crippen molar-refractivity contribution in [2.24, 2.45) is 52.3 Å². The van der Waals surface area contributed by atoms with E-state index in [1.165, 1.54) is 17.7 Å². The van der Waals surface area contributed by atoms with E-state index < -0.39 is 0 Å². The van der Waals surface area contributed by atoms with E-state index in [9.17, 15) is 14.7 Å². The standard InChI is InChI=1S/C31H46BrNO3S/c1-17(2)29(25-8-9-26(32)37-25)33-27(36)14-18(3)21-6-7-22-28-23(11-13-31(21,22)5)30(4)12-10-20(34)15-19(30)16-24(28)35/h8-9,17-19,21-24,28-29,35H,6-7,10-16H2,1-5H3,(H,33,36)/t18-,19?,21?,22+,23+,24?,28?,29?,30?,31?/m1/s1. The number of Topliss-reactive ketones (excluding diaryl/α,β-unsaturated/α-hetero) is 1. The highest BCUT2D eigenvalue weighted by molar-refractivity contribution is 9.11. The first-order chi connectivity index (χ1) is 17.4. The zero-order valence-corrected chi connectivity index (χ0v) is 25.7. The number of hydrogen-bond donors (Lipinski definition) is 2. The van der Waals surface area contributed by atoms with Crippen molar-refractivity contribution < 1.29 is 14.7 Å². The van der Waals surface area contributed by atoms with Crippen LogP contribution in [-0.2, 0) is 9.59 Å². The molecule has 5 rings (SSSR count). The molecule has 1 aromatic rings. The number of hydrogen-bond acceptors (Lipinski definition) is 4. The smallest absolute Gasteiger partial charge is 0.220 e. The second-order valence-corrected chi connectivity index (χ2v) is 16.4. The molecule has 10 atom stereocenters. The molecule has 0 saturated heterocycles. The van der Waals surface area contributed by atoms with Crippen LogP contribution in [0.15, 0.2) is 15.9 Å². The quantitative estimate of drug-likeness (QED) is 0.359. The maximum Gasteiger partial charge on any atom is 0.220 e. The Morgan fingerprint density at radius 2 is 1.86 bits per heavy atom. The number of carbonyl (C=O) groups is 2. The lowest BCUT2D eigenvalue weighted by Gasteiger charge is -2.61. The summed E-state index contributed by atoms with van der Waals surface area (Å²) in [6.45, 7) is 11.5. The molecule has 1 amide bonds. The number of amides is 1. The van der Waals surface area contributed by atoms with Crippen LogP contribution in [0, 0.1) is 52.3 Å². The van der Waals surface area contributed by atoms with E-state index in [1.54, 1.807) is 11.3 Å². The molecule has 4 aliphatic carbocycles. The van der Waals surface area contributed by atoms with Gasteiger partial charge in [0, 0.05) is 24.1 Å². The molecule has 6 heteroatoms. The van der Waals surface area contributed by atoms with Crippen molar-refractivity contribution in [3.63, 3.8) is 0 Å². The number of fused-ring (bicyclic) bond motifs is 5. The van der Waals surface area contributed by atoms with Gasteiger partial charge in [-0.1, -0.05) is 34.6 Å². The minimum absolute atomic E-state index is 0.0480. The Hall–Kier alpha value is -0.720. The number of nitrogens with one attached hydrogen (secondary N) is 1. The number of halogens is 1. The van der Waals surface area contributed by atoms with Crippen LogP contribution >= 0.6 is 27.3 Å². The largest absolute Gasteiger partial charge is 0.393 e. The van der Waals surface area contributed by atoms with Crippen LogP contribution in [0.4, 0.5) is 0 Å². The minimum Gasteiger partial charge on any atom is -0.393 e. The van der Waals surface area contributed by atoms with E-state index in [0.29, 0.717) is 60.1 Å². The lowest BCUT2D eigenvalue weighted by molar-refractivity contribution is -0.169. The molecule has 7 unspecified atom stereocenters. The molecular formula is C31H46BrNO3S. The SMILES string of the molecule is CC(C)C(NC(=O)C[C@@H](C)C1CC[C@H]2C3C(O)CC4CC(=O)CCC4(C)[C@H]3CCC12C)c1ccc(Br)s1. The van der Waals surface area contributed by atoms with Gasteiger partial charge >= 0.3 is 0 Å². The summed E-state index contributed by atoms with van der Waals surface area (Å²) in [5.74, 6) is 3.50. The molecule has 1 heterocycles. The van der Waals surface area contributed by atoms with Gasteiger partial charge < -0.3 is 10.4 Å². The molecule has 206 valence electrons. The number of aliphatic hydroxyl groups excluding tert-OH is 1. The lowest BCUT2D eigenvalue weighted by atomic mass is 9.44. The molecule has 4 fully saturated rings. The molecule has 0 aromatic carbocycles. The highest BCUT2D eigenvalue weighted by atomic mass is 79.9. The fourth-order valence-electron chi connectivity index (χ4n) is 9.72. The molecule has 4 nitrogen and oxygen atoms in total. The third-order valence-corrected chi connectivity index (χ3v) is 13.4. The fourth-order valence-corrected chi connectivity index (χ4v) is 11.4. The lowest BCUT2D eigenvalue weighted by Crippen LogP contribution is -2.58. The molecule has 4 aliphatic rings. The van der Waals surface area contributed by atoms with E-state index in [2.05, 4.69) is 68.0 Å². The Kier molecular flexibility index (Phi) is 7.79. The zero-order valence-electron chi connectivity index (χ0n) is 23.3. The van der Waals surface area contributed by atoms with E-state index >= 15 is 0 Å². The Bertz CT molecular complexity index is 1020. The monoisotopic (exact) mass is 591 g/mol. The first-order valence-electron chi connectivity index (χ1n) is 14.7.